The van der Waals surface area contributed by atoms with Gasteiger partial charge in [0.15, 0.2) is 0 Å². The predicted molar refractivity (Wildman–Crippen MR) is 64.8 cm³/mol. The van der Waals surface area contributed by atoms with Gasteiger partial charge in [0, 0.05) is 12.5 Å². The predicted octanol–water partition coefficient (Wildman–Crippen LogP) is 0.130. The zero-order valence-electron chi connectivity index (χ0n) is 10.4. The summed E-state index contributed by atoms with van der Waals surface area (Å²) in [5.41, 5.74) is 0. The summed E-state index contributed by atoms with van der Waals surface area (Å²) in [7, 11) is 0. The van der Waals surface area contributed by atoms with Gasteiger partial charge >= 0.3 is 6.03 Å². The van der Waals surface area contributed by atoms with Gasteiger partial charge in [-0.1, -0.05) is 0 Å². The lowest BCUT2D eigenvalue weighted by Crippen LogP contribution is -2.57. The van der Waals surface area contributed by atoms with Crippen LogP contribution in [-0.2, 0) is 16.1 Å². The Morgan fingerprint density at radius 3 is 2.89 bits per heavy atom. The number of nitrogens with one attached hydrogen (secondary N) is 3. The third kappa shape index (κ3) is 3.34. The van der Waals surface area contributed by atoms with Crippen molar-refractivity contribution in [2.45, 2.75) is 25.9 Å². The molecule has 102 valence electrons. The van der Waals surface area contributed by atoms with Gasteiger partial charge in [0.05, 0.1) is 18.7 Å². The van der Waals surface area contributed by atoms with Gasteiger partial charge in [0.25, 0.3) is 0 Å². The second-order valence-electron chi connectivity index (χ2n) is 4.42. The maximum absolute atomic E-state index is 11.7. The molecule has 1 fully saturated rings. The summed E-state index contributed by atoms with van der Waals surface area (Å²) in [4.78, 5) is 34.4. The van der Waals surface area contributed by atoms with Crippen LogP contribution in [0.4, 0.5) is 4.79 Å². The average molecular weight is 265 g/mol. The van der Waals surface area contributed by atoms with E-state index in [1.54, 1.807) is 19.1 Å². The van der Waals surface area contributed by atoms with E-state index in [4.69, 9.17) is 4.42 Å². The minimum Gasteiger partial charge on any atom is -0.467 e. The summed E-state index contributed by atoms with van der Waals surface area (Å²) in [5, 5.41) is 7.37. The van der Waals surface area contributed by atoms with E-state index >= 15 is 0 Å². The Balaban J connectivity index is 1.84. The maximum atomic E-state index is 11.7. The lowest BCUT2D eigenvalue weighted by atomic mass is 9.94. The normalized spacial score (nSPS) is 22.6. The standard InChI is InChI=1S/C12H15N3O4/c1-7-9(11(17)15-12(18)14-7)5-10(16)13-6-8-3-2-4-19-8/h2-4,7,9H,5-6H2,1H3,(H,13,16)(H2,14,15,17,18). The molecule has 4 amide bonds. The van der Waals surface area contributed by atoms with E-state index in [1.807, 2.05) is 0 Å². The maximum Gasteiger partial charge on any atom is 0.321 e. The number of amides is 4. The molecule has 1 aromatic heterocycles. The molecule has 1 aromatic rings. The molecule has 0 radical (unpaired) electrons. The van der Waals surface area contributed by atoms with Crippen molar-refractivity contribution in [1.29, 1.82) is 0 Å². The molecule has 7 nitrogen and oxygen atoms in total. The van der Waals surface area contributed by atoms with E-state index in [0.717, 1.165) is 0 Å². The van der Waals surface area contributed by atoms with Gasteiger partial charge in [-0.05, 0) is 19.1 Å². The molecular weight excluding hydrogens is 250 g/mol. The summed E-state index contributed by atoms with van der Waals surface area (Å²) in [6.45, 7) is 1.97. The van der Waals surface area contributed by atoms with Gasteiger partial charge in [-0.15, -0.1) is 0 Å². The molecule has 2 atom stereocenters. The molecule has 3 N–H and O–H groups in total. The number of urea groups is 1. The lowest BCUT2D eigenvalue weighted by Gasteiger charge is -2.28. The number of carbonyl (C=O) groups is 3. The van der Waals surface area contributed by atoms with Gasteiger partial charge in [0.2, 0.25) is 11.8 Å². The van der Waals surface area contributed by atoms with Crippen molar-refractivity contribution in [3.05, 3.63) is 24.2 Å². The number of imide groups is 1. The zero-order chi connectivity index (χ0) is 13.8. The first-order valence-corrected chi connectivity index (χ1v) is 5.96. The minimum atomic E-state index is -0.561. The SMILES string of the molecule is CC1NC(=O)NC(=O)C1CC(=O)NCc1ccco1. The Bertz CT molecular complexity index is 483. The first kappa shape index (κ1) is 13.1. The van der Waals surface area contributed by atoms with E-state index in [2.05, 4.69) is 16.0 Å². The van der Waals surface area contributed by atoms with E-state index in [0.29, 0.717) is 5.76 Å². The first-order chi connectivity index (χ1) is 9.06. The van der Waals surface area contributed by atoms with Crippen LogP contribution >= 0.6 is 0 Å². The highest BCUT2D eigenvalue weighted by atomic mass is 16.3. The first-order valence-electron chi connectivity index (χ1n) is 5.96. The van der Waals surface area contributed by atoms with Crippen molar-refractivity contribution in [1.82, 2.24) is 16.0 Å². The van der Waals surface area contributed by atoms with Gasteiger partial charge in [0.1, 0.15) is 5.76 Å². The van der Waals surface area contributed by atoms with Crippen LogP contribution in [0.25, 0.3) is 0 Å². The second kappa shape index (κ2) is 5.55. The second-order valence-corrected chi connectivity index (χ2v) is 4.42. The van der Waals surface area contributed by atoms with E-state index < -0.39 is 17.9 Å². The van der Waals surface area contributed by atoms with Crippen LogP contribution in [-0.4, -0.2) is 23.9 Å². The third-order valence-electron chi connectivity index (χ3n) is 2.98. The molecular formula is C12H15N3O4. The molecule has 1 saturated heterocycles. The van der Waals surface area contributed by atoms with Gasteiger partial charge in [-0.25, -0.2) is 4.79 Å². The molecule has 0 aromatic carbocycles. The largest absolute Gasteiger partial charge is 0.467 e. The molecule has 2 rings (SSSR count). The summed E-state index contributed by atoms with van der Waals surface area (Å²) < 4.78 is 5.08. The fourth-order valence-corrected chi connectivity index (χ4v) is 1.92. The number of hydrogen-bond acceptors (Lipinski definition) is 4. The fourth-order valence-electron chi connectivity index (χ4n) is 1.92. The highest BCUT2D eigenvalue weighted by Gasteiger charge is 2.33. The summed E-state index contributed by atoms with van der Waals surface area (Å²) >= 11 is 0. The molecule has 0 spiro atoms. The zero-order valence-corrected chi connectivity index (χ0v) is 10.4. The van der Waals surface area contributed by atoms with Crippen molar-refractivity contribution in [3.8, 4) is 0 Å². The van der Waals surface area contributed by atoms with Crippen LogP contribution in [0, 0.1) is 5.92 Å². The topological polar surface area (TPSA) is 100 Å². The van der Waals surface area contributed by atoms with Crippen molar-refractivity contribution in [2.24, 2.45) is 5.92 Å². The Morgan fingerprint density at radius 2 is 2.26 bits per heavy atom. The van der Waals surface area contributed by atoms with E-state index in [9.17, 15) is 14.4 Å². The minimum absolute atomic E-state index is 0.0218. The number of hydrogen-bond donors (Lipinski definition) is 3. The van der Waals surface area contributed by atoms with Crippen molar-refractivity contribution in [2.75, 3.05) is 0 Å². The Labute approximate surface area is 109 Å². The smallest absolute Gasteiger partial charge is 0.321 e. The molecule has 19 heavy (non-hydrogen) atoms. The molecule has 2 unspecified atom stereocenters. The quantitative estimate of drug-likeness (QED) is 0.720. The molecule has 0 bridgehead atoms. The Kier molecular flexibility index (Phi) is 3.84. The average Bonchev–Trinajstić information content (AvgIpc) is 2.84. The molecule has 2 heterocycles. The van der Waals surface area contributed by atoms with Crippen LogP contribution in [0.5, 0.6) is 0 Å². The summed E-state index contributed by atoms with van der Waals surface area (Å²) in [6, 6.07) is 2.59. The van der Waals surface area contributed by atoms with Crippen LogP contribution < -0.4 is 16.0 Å². The Hall–Kier alpha value is -2.31. The Morgan fingerprint density at radius 1 is 1.47 bits per heavy atom. The number of carbonyl (C=O) groups excluding carboxylic acids is 3. The van der Waals surface area contributed by atoms with Gasteiger partial charge in [-0.2, -0.15) is 0 Å². The molecule has 0 saturated carbocycles. The van der Waals surface area contributed by atoms with Crippen LogP contribution in [0.3, 0.4) is 0 Å². The summed E-state index contributed by atoms with van der Waals surface area (Å²) in [5.74, 6) is -0.610. The fraction of sp³-hybridized carbons (Fsp3) is 0.417. The molecule has 1 aliphatic rings. The van der Waals surface area contributed by atoms with Crippen molar-refractivity contribution >= 4 is 17.8 Å². The van der Waals surface area contributed by atoms with Crippen LogP contribution in [0.15, 0.2) is 22.8 Å². The number of furan rings is 1. The molecule has 0 aliphatic carbocycles. The van der Waals surface area contributed by atoms with Crippen molar-refractivity contribution < 1.29 is 18.8 Å². The third-order valence-corrected chi connectivity index (χ3v) is 2.98. The molecule has 1 aliphatic heterocycles. The van der Waals surface area contributed by atoms with Crippen LogP contribution in [0.1, 0.15) is 19.1 Å². The highest BCUT2D eigenvalue weighted by molar-refractivity contribution is 6.00. The van der Waals surface area contributed by atoms with Crippen molar-refractivity contribution in [3.63, 3.8) is 0 Å². The van der Waals surface area contributed by atoms with Gasteiger partial charge in [-0.3, -0.25) is 14.9 Å². The number of rotatable bonds is 4. The lowest BCUT2D eigenvalue weighted by molar-refractivity contribution is -0.131. The highest BCUT2D eigenvalue weighted by Crippen LogP contribution is 2.13. The summed E-state index contributed by atoms with van der Waals surface area (Å²) in [6.07, 6.45) is 1.54. The van der Waals surface area contributed by atoms with E-state index in [-0.39, 0.29) is 24.9 Å². The van der Waals surface area contributed by atoms with Gasteiger partial charge < -0.3 is 15.1 Å². The molecule has 7 heteroatoms. The monoisotopic (exact) mass is 265 g/mol. The van der Waals surface area contributed by atoms with Crippen LogP contribution in [0.2, 0.25) is 0 Å². The van der Waals surface area contributed by atoms with E-state index in [1.165, 1.54) is 6.26 Å².